The van der Waals surface area contributed by atoms with Crippen LogP contribution in [0.5, 0.6) is 0 Å². The van der Waals surface area contributed by atoms with E-state index in [9.17, 15) is 9.90 Å². The first-order chi connectivity index (χ1) is 12.7. The van der Waals surface area contributed by atoms with Crippen molar-refractivity contribution in [1.82, 2.24) is 15.3 Å². The van der Waals surface area contributed by atoms with Gasteiger partial charge in [0.15, 0.2) is 5.69 Å². The quantitative estimate of drug-likeness (QED) is 0.510. The molecule has 0 aliphatic rings. The van der Waals surface area contributed by atoms with Gasteiger partial charge in [-0.2, -0.15) is 0 Å². The number of fused-ring (bicyclic) bond motifs is 3. The molecule has 3 rings (SSSR count). The Hall–Kier alpha value is -2.48. The van der Waals surface area contributed by atoms with Gasteiger partial charge in [0.25, 0.3) is 0 Å². The number of benzene rings is 1. The molecule has 0 fully saturated rings. The van der Waals surface area contributed by atoms with Crippen LogP contribution in [-0.2, 0) is 22.6 Å². The number of aromatic carboxylic acids is 1. The molecule has 7 heteroatoms. The van der Waals surface area contributed by atoms with Gasteiger partial charge in [-0.1, -0.05) is 12.1 Å². The van der Waals surface area contributed by atoms with E-state index in [1.165, 1.54) is 0 Å². The maximum Gasteiger partial charge on any atom is 0.354 e. The van der Waals surface area contributed by atoms with E-state index in [2.05, 4.69) is 15.3 Å². The van der Waals surface area contributed by atoms with E-state index < -0.39 is 5.97 Å². The summed E-state index contributed by atoms with van der Waals surface area (Å²) in [5.74, 6) is -1.05. The van der Waals surface area contributed by atoms with Gasteiger partial charge in [-0.3, -0.25) is 0 Å². The van der Waals surface area contributed by atoms with E-state index in [4.69, 9.17) is 9.47 Å². The fraction of sp³-hybridized carbons (Fsp3) is 0.368. The molecule has 2 heterocycles. The smallest absolute Gasteiger partial charge is 0.354 e. The standard InChI is InChI=1S/C19H23N3O4/c1-3-26-8-7-20-9-12-5-4-6-14-16(12)17-13(11-25-2)18(19(23)24)21-10-15(17)22-14/h4-6,10,20,22H,3,7-9,11H2,1-2H3,(H,23,24). The zero-order valence-corrected chi connectivity index (χ0v) is 15.0. The Labute approximate surface area is 151 Å². The second kappa shape index (κ2) is 8.27. The lowest BCUT2D eigenvalue weighted by atomic mass is 10.0. The number of rotatable bonds is 9. The number of carboxylic acids is 1. The predicted molar refractivity (Wildman–Crippen MR) is 99.5 cm³/mol. The number of carboxylic acid groups (broad SMARTS) is 1. The van der Waals surface area contributed by atoms with E-state index in [-0.39, 0.29) is 12.3 Å². The largest absolute Gasteiger partial charge is 0.477 e. The highest BCUT2D eigenvalue weighted by molar-refractivity contribution is 6.12. The van der Waals surface area contributed by atoms with Gasteiger partial charge in [0.05, 0.1) is 24.9 Å². The lowest BCUT2D eigenvalue weighted by molar-refractivity contribution is 0.0685. The third-order valence-corrected chi connectivity index (χ3v) is 4.28. The molecular formula is C19H23N3O4. The van der Waals surface area contributed by atoms with Gasteiger partial charge in [0, 0.05) is 48.7 Å². The molecule has 2 aromatic heterocycles. The van der Waals surface area contributed by atoms with Crippen LogP contribution in [0, 0.1) is 0 Å². The first-order valence-corrected chi connectivity index (χ1v) is 8.59. The molecule has 1 aromatic carbocycles. The molecule has 0 unspecified atom stereocenters. The fourth-order valence-corrected chi connectivity index (χ4v) is 3.21. The van der Waals surface area contributed by atoms with Crippen LogP contribution < -0.4 is 5.32 Å². The number of ether oxygens (including phenoxy) is 2. The Bertz CT molecular complexity index is 920. The van der Waals surface area contributed by atoms with Crippen LogP contribution in [0.2, 0.25) is 0 Å². The van der Waals surface area contributed by atoms with Crippen LogP contribution in [0.25, 0.3) is 21.8 Å². The molecule has 0 radical (unpaired) electrons. The molecule has 26 heavy (non-hydrogen) atoms. The summed E-state index contributed by atoms with van der Waals surface area (Å²) in [6, 6.07) is 6.01. The maximum absolute atomic E-state index is 11.6. The molecule has 7 nitrogen and oxygen atoms in total. The van der Waals surface area contributed by atoms with Crippen LogP contribution in [0.4, 0.5) is 0 Å². The number of carbonyl (C=O) groups is 1. The van der Waals surface area contributed by atoms with Gasteiger partial charge in [0.2, 0.25) is 0 Å². The number of H-pyrrole nitrogens is 1. The third-order valence-electron chi connectivity index (χ3n) is 4.28. The summed E-state index contributed by atoms with van der Waals surface area (Å²) < 4.78 is 10.6. The lowest BCUT2D eigenvalue weighted by Crippen LogP contribution is -2.19. The van der Waals surface area contributed by atoms with Crippen molar-refractivity contribution in [3.05, 3.63) is 41.2 Å². The summed E-state index contributed by atoms with van der Waals surface area (Å²) in [4.78, 5) is 19.0. The Balaban J connectivity index is 2.09. The Morgan fingerprint density at radius 3 is 2.88 bits per heavy atom. The van der Waals surface area contributed by atoms with Crippen molar-refractivity contribution in [2.24, 2.45) is 0 Å². The first-order valence-electron chi connectivity index (χ1n) is 8.59. The molecule has 3 aromatic rings. The van der Waals surface area contributed by atoms with Crippen molar-refractivity contribution in [2.75, 3.05) is 26.9 Å². The van der Waals surface area contributed by atoms with Crippen molar-refractivity contribution in [3.63, 3.8) is 0 Å². The minimum Gasteiger partial charge on any atom is -0.477 e. The van der Waals surface area contributed by atoms with Crippen molar-refractivity contribution < 1.29 is 19.4 Å². The second-order valence-electron chi connectivity index (χ2n) is 5.95. The molecular weight excluding hydrogens is 334 g/mol. The first kappa shape index (κ1) is 18.3. The number of nitrogens with zero attached hydrogens (tertiary/aromatic N) is 1. The highest BCUT2D eigenvalue weighted by Crippen LogP contribution is 2.32. The lowest BCUT2D eigenvalue weighted by Gasteiger charge is -2.10. The van der Waals surface area contributed by atoms with E-state index in [0.717, 1.165) is 33.9 Å². The normalized spacial score (nSPS) is 11.5. The van der Waals surface area contributed by atoms with E-state index in [0.29, 0.717) is 25.3 Å². The third kappa shape index (κ3) is 3.55. The molecule has 3 N–H and O–H groups in total. The highest BCUT2D eigenvalue weighted by Gasteiger charge is 2.19. The van der Waals surface area contributed by atoms with Gasteiger partial charge in [0.1, 0.15) is 0 Å². The van der Waals surface area contributed by atoms with Crippen LogP contribution in [0.15, 0.2) is 24.4 Å². The Morgan fingerprint density at radius 1 is 1.31 bits per heavy atom. The molecule has 0 spiro atoms. The molecule has 0 saturated heterocycles. The minimum absolute atomic E-state index is 0.0272. The van der Waals surface area contributed by atoms with Crippen molar-refractivity contribution in [2.45, 2.75) is 20.1 Å². The summed E-state index contributed by atoms with van der Waals surface area (Å²) >= 11 is 0. The summed E-state index contributed by atoms with van der Waals surface area (Å²) in [6.07, 6.45) is 1.57. The van der Waals surface area contributed by atoms with Crippen LogP contribution >= 0.6 is 0 Å². The zero-order chi connectivity index (χ0) is 18.5. The monoisotopic (exact) mass is 357 g/mol. The van der Waals surface area contributed by atoms with Crippen molar-refractivity contribution in [1.29, 1.82) is 0 Å². The van der Waals surface area contributed by atoms with Gasteiger partial charge in [-0.15, -0.1) is 0 Å². The molecule has 0 amide bonds. The van der Waals surface area contributed by atoms with Crippen LogP contribution in [-0.4, -0.2) is 47.9 Å². The molecule has 0 aliphatic carbocycles. The fourth-order valence-electron chi connectivity index (χ4n) is 3.21. The SMILES string of the molecule is CCOCCNCc1cccc2[nH]c3cnc(C(=O)O)c(COC)c3c12. The molecule has 138 valence electrons. The number of hydrogen-bond acceptors (Lipinski definition) is 5. The van der Waals surface area contributed by atoms with Crippen LogP contribution in [0.1, 0.15) is 28.5 Å². The second-order valence-corrected chi connectivity index (χ2v) is 5.95. The molecule has 0 aliphatic heterocycles. The number of hydrogen-bond donors (Lipinski definition) is 3. The van der Waals surface area contributed by atoms with E-state index in [1.807, 2.05) is 25.1 Å². The average molecular weight is 357 g/mol. The molecule has 0 bridgehead atoms. The van der Waals surface area contributed by atoms with E-state index in [1.54, 1.807) is 13.3 Å². The highest BCUT2D eigenvalue weighted by atomic mass is 16.5. The van der Waals surface area contributed by atoms with Gasteiger partial charge < -0.3 is 24.9 Å². The van der Waals surface area contributed by atoms with Gasteiger partial charge in [-0.25, -0.2) is 9.78 Å². The number of aromatic amines is 1. The Kier molecular flexibility index (Phi) is 5.82. The predicted octanol–water partition coefficient (Wildman–Crippen LogP) is 2.69. The zero-order valence-electron chi connectivity index (χ0n) is 15.0. The summed E-state index contributed by atoms with van der Waals surface area (Å²) in [5, 5.41) is 14.7. The number of nitrogens with one attached hydrogen (secondary N) is 2. The average Bonchev–Trinajstić information content (AvgIpc) is 3.01. The number of pyridine rings is 1. The summed E-state index contributed by atoms with van der Waals surface area (Å²) in [5.41, 5.74) is 3.46. The number of methoxy groups -OCH3 is 1. The maximum atomic E-state index is 11.6. The van der Waals surface area contributed by atoms with Crippen molar-refractivity contribution in [3.8, 4) is 0 Å². The van der Waals surface area contributed by atoms with Crippen LogP contribution in [0.3, 0.4) is 0 Å². The molecule has 0 atom stereocenters. The summed E-state index contributed by atoms with van der Waals surface area (Å²) in [7, 11) is 1.55. The van der Waals surface area contributed by atoms with Gasteiger partial charge >= 0.3 is 5.97 Å². The topological polar surface area (TPSA) is 96.5 Å². The van der Waals surface area contributed by atoms with E-state index >= 15 is 0 Å². The van der Waals surface area contributed by atoms with Crippen molar-refractivity contribution >= 4 is 27.8 Å². The Morgan fingerprint density at radius 2 is 2.15 bits per heavy atom. The molecule has 0 saturated carbocycles. The number of aromatic nitrogens is 2. The summed E-state index contributed by atoms with van der Waals surface area (Å²) in [6.45, 7) is 4.92. The minimum atomic E-state index is -1.05. The van der Waals surface area contributed by atoms with Gasteiger partial charge in [-0.05, 0) is 18.6 Å².